The number of aromatic nitrogens is 1. The van der Waals surface area contributed by atoms with Crippen molar-refractivity contribution in [3.63, 3.8) is 0 Å². The van der Waals surface area contributed by atoms with Crippen molar-refractivity contribution in [1.82, 2.24) is 4.98 Å². The molecule has 16 heavy (non-hydrogen) atoms. The normalized spacial score (nSPS) is 26.9. The van der Waals surface area contributed by atoms with Gasteiger partial charge in [-0.15, -0.1) is 0 Å². The second kappa shape index (κ2) is 4.82. The van der Waals surface area contributed by atoms with Crippen LogP contribution in [-0.2, 0) is 11.2 Å². The summed E-state index contributed by atoms with van der Waals surface area (Å²) in [6, 6.07) is 3.86. The van der Waals surface area contributed by atoms with Crippen LogP contribution < -0.4 is 0 Å². The lowest BCUT2D eigenvalue weighted by atomic mass is 9.92. The van der Waals surface area contributed by atoms with E-state index in [1.807, 2.05) is 19.1 Å². The fourth-order valence-corrected chi connectivity index (χ4v) is 2.24. The molecule has 4 heteroatoms. The van der Waals surface area contributed by atoms with Gasteiger partial charge in [-0.3, -0.25) is 4.98 Å². The number of hydrogen-bond acceptors (Lipinski definition) is 3. The molecule has 1 fully saturated rings. The van der Waals surface area contributed by atoms with Gasteiger partial charge in [0.05, 0.1) is 11.7 Å². The third kappa shape index (κ3) is 2.62. The van der Waals surface area contributed by atoms with Crippen LogP contribution >= 0.6 is 15.9 Å². The van der Waals surface area contributed by atoms with E-state index in [0.29, 0.717) is 6.42 Å². The Hall–Kier alpha value is -0.450. The van der Waals surface area contributed by atoms with Gasteiger partial charge in [-0.1, -0.05) is 0 Å². The first-order valence-corrected chi connectivity index (χ1v) is 6.32. The molecule has 88 valence electrons. The predicted octanol–water partition coefficient (Wildman–Crippen LogP) is 2.32. The zero-order chi connectivity index (χ0) is 11.6. The van der Waals surface area contributed by atoms with Crippen molar-refractivity contribution in [1.29, 1.82) is 0 Å². The minimum absolute atomic E-state index is 0.394. The molecule has 1 aliphatic heterocycles. The Morgan fingerprint density at radius 1 is 1.62 bits per heavy atom. The molecule has 2 heterocycles. The van der Waals surface area contributed by atoms with Crippen LogP contribution in [0.4, 0.5) is 0 Å². The third-order valence-corrected chi connectivity index (χ3v) is 3.61. The summed E-state index contributed by atoms with van der Waals surface area (Å²) in [6.45, 7) is 2.73. The highest BCUT2D eigenvalue weighted by atomic mass is 79.9. The maximum absolute atomic E-state index is 10.2. The van der Waals surface area contributed by atoms with E-state index in [2.05, 4.69) is 20.9 Å². The minimum Gasteiger partial charge on any atom is -0.390 e. The molecule has 1 aromatic rings. The summed E-state index contributed by atoms with van der Waals surface area (Å²) in [7, 11) is 0. The van der Waals surface area contributed by atoms with Gasteiger partial charge >= 0.3 is 0 Å². The van der Waals surface area contributed by atoms with E-state index < -0.39 is 11.7 Å². The number of aliphatic hydroxyl groups excluding tert-OH is 1. The summed E-state index contributed by atoms with van der Waals surface area (Å²) in [5.41, 5.74) is 0.502. The minimum atomic E-state index is -0.483. The lowest BCUT2D eigenvalue weighted by Gasteiger charge is -2.29. The van der Waals surface area contributed by atoms with E-state index in [4.69, 9.17) is 4.74 Å². The average Bonchev–Trinajstić information content (AvgIpc) is 2.70. The molecule has 0 saturated carbocycles. The topological polar surface area (TPSA) is 42.4 Å². The Morgan fingerprint density at radius 3 is 3.00 bits per heavy atom. The number of aliphatic hydroxyl groups is 1. The Balaban J connectivity index is 2.01. The SMILES string of the molecule is CC1(C(O)Cc2ccc(Br)cn2)CCCO1. The van der Waals surface area contributed by atoms with Crippen LogP contribution in [0.15, 0.2) is 22.8 Å². The lowest BCUT2D eigenvalue weighted by molar-refractivity contribution is -0.0771. The van der Waals surface area contributed by atoms with E-state index in [1.54, 1.807) is 6.20 Å². The molecule has 0 aromatic carbocycles. The Kier molecular flexibility index (Phi) is 3.62. The van der Waals surface area contributed by atoms with Gasteiger partial charge in [-0.25, -0.2) is 0 Å². The molecule has 2 unspecified atom stereocenters. The summed E-state index contributed by atoms with van der Waals surface area (Å²) in [4.78, 5) is 4.26. The molecule has 3 nitrogen and oxygen atoms in total. The summed E-state index contributed by atoms with van der Waals surface area (Å²) >= 11 is 3.34. The largest absolute Gasteiger partial charge is 0.390 e. The van der Waals surface area contributed by atoms with Gasteiger partial charge < -0.3 is 9.84 Å². The molecule has 1 aromatic heterocycles. The maximum atomic E-state index is 10.2. The number of rotatable bonds is 3. The van der Waals surface area contributed by atoms with Gasteiger partial charge in [0, 0.05) is 29.4 Å². The van der Waals surface area contributed by atoms with Crippen LogP contribution in [-0.4, -0.2) is 28.4 Å². The monoisotopic (exact) mass is 285 g/mol. The first kappa shape index (κ1) is 12.0. The van der Waals surface area contributed by atoms with Gasteiger partial charge in [-0.2, -0.15) is 0 Å². The van der Waals surface area contributed by atoms with Gasteiger partial charge in [-0.05, 0) is 47.8 Å². The summed E-state index contributed by atoms with van der Waals surface area (Å²) in [5.74, 6) is 0. The second-order valence-electron chi connectivity index (χ2n) is 4.45. The van der Waals surface area contributed by atoms with Crippen LogP contribution in [0, 0.1) is 0 Å². The van der Waals surface area contributed by atoms with E-state index in [-0.39, 0.29) is 0 Å². The van der Waals surface area contributed by atoms with E-state index >= 15 is 0 Å². The number of hydrogen-bond donors (Lipinski definition) is 1. The molecule has 0 bridgehead atoms. The standard InChI is InChI=1S/C12H16BrNO2/c1-12(5-2-6-16-12)11(15)7-10-4-3-9(13)8-14-10/h3-4,8,11,15H,2,5-7H2,1H3. The Labute approximate surface area is 104 Å². The van der Waals surface area contributed by atoms with Gasteiger partial charge in [0.25, 0.3) is 0 Å². The molecule has 0 spiro atoms. The quantitative estimate of drug-likeness (QED) is 0.927. The average molecular weight is 286 g/mol. The van der Waals surface area contributed by atoms with E-state index in [0.717, 1.165) is 29.6 Å². The summed E-state index contributed by atoms with van der Waals surface area (Å²) in [6.07, 6.45) is 3.76. The summed E-state index contributed by atoms with van der Waals surface area (Å²) in [5, 5.41) is 10.2. The highest BCUT2D eigenvalue weighted by Crippen LogP contribution is 2.30. The molecule has 2 atom stereocenters. The smallest absolute Gasteiger partial charge is 0.0916 e. The zero-order valence-electron chi connectivity index (χ0n) is 9.32. The first-order valence-electron chi connectivity index (χ1n) is 5.53. The first-order chi connectivity index (χ1) is 7.60. The van der Waals surface area contributed by atoms with Gasteiger partial charge in [0.1, 0.15) is 0 Å². The number of halogens is 1. The molecule has 0 amide bonds. The van der Waals surface area contributed by atoms with Crippen molar-refractivity contribution in [2.75, 3.05) is 6.61 Å². The van der Waals surface area contributed by atoms with Crippen LogP contribution in [0.25, 0.3) is 0 Å². The van der Waals surface area contributed by atoms with Crippen LogP contribution in [0.5, 0.6) is 0 Å². The third-order valence-electron chi connectivity index (χ3n) is 3.15. The number of nitrogens with zero attached hydrogens (tertiary/aromatic N) is 1. The van der Waals surface area contributed by atoms with Crippen molar-refractivity contribution < 1.29 is 9.84 Å². The van der Waals surface area contributed by atoms with Gasteiger partial charge in [0.2, 0.25) is 0 Å². The van der Waals surface area contributed by atoms with Crippen molar-refractivity contribution in [3.05, 3.63) is 28.5 Å². The van der Waals surface area contributed by atoms with Crippen LogP contribution in [0.3, 0.4) is 0 Å². The van der Waals surface area contributed by atoms with Crippen molar-refractivity contribution in [2.45, 2.75) is 37.9 Å². The molecular formula is C12H16BrNO2. The fourth-order valence-electron chi connectivity index (χ4n) is 2.00. The zero-order valence-corrected chi connectivity index (χ0v) is 10.9. The molecule has 2 rings (SSSR count). The van der Waals surface area contributed by atoms with Crippen LogP contribution in [0.2, 0.25) is 0 Å². The molecule has 0 radical (unpaired) electrons. The highest BCUT2D eigenvalue weighted by Gasteiger charge is 2.37. The predicted molar refractivity (Wildman–Crippen MR) is 65.2 cm³/mol. The molecule has 1 aliphatic rings. The maximum Gasteiger partial charge on any atom is 0.0916 e. The van der Waals surface area contributed by atoms with Crippen molar-refractivity contribution in [2.24, 2.45) is 0 Å². The van der Waals surface area contributed by atoms with Gasteiger partial charge in [0.15, 0.2) is 0 Å². The second-order valence-corrected chi connectivity index (χ2v) is 5.37. The molecule has 0 aliphatic carbocycles. The van der Waals surface area contributed by atoms with Crippen LogP contribution in [0.1, 0.15) is 25.5 Å². The van der Waals surface area contributed by atoms with E-state index in [9.17, 15) is 5.11 Å². The fraction of sp³-hybridized carbons (Fsp3) is 0.583. The Bertz CT molecular complexity index is 347. The van der Waals surface area contributed by atoms with Crippen molar-refractivity contribution in [3.8, 4) is 0 Å². The Morgan fingerprint density at radius 2 is 2.44 bits per heavy atom. The summed E-state index contributed by atoms with van der Waals surface area (Å²) < 4.78 is 6.56. The molecule has 1 saturated heterocycles. The number of pyridine rings is 1. The highest BCUT2D eigenvalue weighted by molar-refractivity contribution is 9.10. The molecule has 1 N–H and O–H groups in total. The van der Waals surface area contributed by atoms with E-state index in [1.165, 1.54) is 0 Å². The lowest BCUT2D eigenvalue weighted by Crippen LogP contribution is -2.40. The van der Waals surface area contributed by atoms with Crippen molar-refractivity contribution >= 4 is 15.9 Å². The number of ether oxygens (including phenoxy) is 1. The molecular weight excluding hydrogens is 270 g/mol.